The van der Waals surface area contributed by atoms with E-state index in [1.54, 1.807) is 0 Å². The number of sulfonamides is 1. The second-order valence-electron chi connectivity index (χ2n) is 6.15. The summed E-state index contributed by atoms with van der Waals surface area (Å²) in [6.45, 7) is 0. The molecule has 0 saturated carbocycles. The molecule has 2 N–H and O–H groups in total. The van der Waals surface area contributed by atoms with Crippen LogP contribution in [0.15, 0.2) is 78.0 Å². The van der Waals surface area contributed by atoms with Crippen molar-refractivity contribution in [2.24, 2.45) is 0 Å². The highest BCUT2D eigenvalue weighted by molar-refractivity contribution is 7.92. The molecule has 0 fully saturated rings. The summed E-state index contributed by atoms with van der Waals surface area (Å²) in [7, 11) is -3.91. The summed E-state index contributed by atoms with van der Waals surface area (Å²) in [6.07, 6.45) is 0.615. The van der Waals surface area contributed by atoms with E-state index in [1.165, 1.54) is 60.9 Å². The molecule has 0 aliphatic rings. The lowest BCUT2D eigenvalue weighted by Crippen LogP contribution is -2.15. The van der Waals surface area contributed by atoms with Crippen LogP contribution in [0.2, 0.25) is 0 Å². The van der Waals surface area contributed by atoms with Gasteiger partial charge in [0.05, 0.1) is 10.5 Å². The molecule has 160 valence electrons. The summed E-state index contributed by atoms with van der Waals surface area (Å²) < 4.78 is 65.1. The fraction of sp³-hybridized carbons (Fsp3) is 0.0500. The number of halogens is 3. The van der Waals surface area contributed by atoms with Gasteiger partial charge in [0.1, 0.15) is 0 Å². The molecule has 3 rings (SSSR count). The Morgan fingerprint density at radius 1 is 0.968 bits per heavy atom. The second kappa shape index (κ2) is 8.96. The molecule has 0 aliphatic carbocycles. The van der Waals surface area contributed by atoms with Gasteiger partial charge < -0.3 is 5.32 Å². The number of carbonyl (C=O) groups excluding carboxylic acids is 1. The first-order valence-electron chi connectivity index (χ1n) is 8.70. The zero-order chi connectivity index (χ0) is 22.5. The van der Waals surface area contributed by atoms with Crippen LogP contribution in [0.25, 0.3) is 6.08 Å². The van der Waals surface area contributed by atoms with Gasteiger partial charge in [0.15, 0.2) is 0 Å². The van der Waals surface area contributed by atoms with E-state index in [2.05, 4.69) is 20.0 Å². The highest BCUT2D eigenvalue weighted by Crippen LogP contribution is 2.29. The van der Waals surface area contributed by atoms with E-state index < -0.39 is 27.7 Å². The summed E-state index contributed by atoms with van der Waals surface area (Å²) >= 11 is 0. The van der Waals surface area contributed by atoms with Crippen LogP contribution in [0, 0.1) is 0 Å². The lowest BCUT2D eigenvalue weighted by Gasteiger charge is -2.08. The van der Waals surface area contributed by atoms with Crippen LogP contribution in [0.4, 0.5) is 24.8 Å². The van der Waals surface area contributed by atoms with Gasteiger partial charge in [-0.15, -0.1) is 0 Å². The fourth-order valence-electron chi connectivity index (χ4n) is 2.42. The Morgan fingerprint density at radius 2 is 1.65 bits per heavy atom. The van der Waals surface area contributed by atoms with Crippen LogP contribution in [0.1, 0.15) is 11.1 Å². The van der Waals surface area contributed by atoms with Gasteiger partial charge in [0.25, 0.3) is 10.0 Å². The first-order chi connectivity index (χ1) is 14.6. The maximum Gasteiger partial charge on any atom is 0.416 e. The third kappa shape index (κ3) is 6.12. The van der Waals surface area contributed by atoms with Crippen LogP contribution in [-0.4, -0.2) is 24.3 Å². The summed E-state index contributed by atoms with van der Waals surface area (Å²) in [5.41, 5.74) is -0.310. The van der Waals surface area contributed by atoms with Crippen molar-refractivity contribution in [1.29, 1.82) is 0 Å². The molecule has 11 heteroatoms. The average Bonchev–Trinajstić information content (AvgIpc) is 2.73. The maximum atomic E-state index is 12.7. The number of aromatic nitrogens is 2. The van der Waals surface area contributed by atoms with Crippen molar-refractivity contribution in [1.82, 2.24) is 9.97 Å². The zero-order valence-corrected chi connectivity index (χ0v) is 16.5. The number of alkyl halides is 3. The van der Waals surface area contributed by atoms with Gasteiger partial charge in [-0.05, 0) is 54.1 Å². The number of hydrogen-bond donors (Lipinski definition) is 2. The zero-order valence-electron chi connectivity index (χ0n) is 15.7. The molecule has 1 amide bonds. The van der Waals surface area contributed by atoms with E-state index >= 15 is 0 Å². The Hall–Kier alpha value is -3.73. The Kier molecular flexibility index (Phi) is 6.35. The van der Waals surface area contributed by atoms with E-state index in [0.29, 0.717) is 5.69 Å². The van der Waals surface area contributed by atoms with Crippen LogP contribution in [-0.2, 0) is 21.0 Å². The minimum atomic E-state index is -4.48. The predicted molar refractivity (Wildman–Crippen MR) is 108 cm³/mol. The van der Waals surface area contributed by atoms with Gasteiger partial charge in [-0.1, -0.05) is 12.1 Å². The van der Waals surface area contributed by atoms with Gasteiger partial charge in [-0.25, -0.2) is 23.1 Å². The van der Waals surface area contributed by atoms with E-state index in [0.717, 1.165) is 18.2 Å². The molecule has 3 aromatic rings. The number of hydrogen-bond acceptors (Lipinski definition) is 5. The minimum absolute atomic E-state index is 0.0718. The van der Waals surface area contributed by atoms with Gasteiger partial charge in [-0.3, -0.25) is 4.79 Å². The topological polar surface area (TPSA) is 101 Å². The molecule has 0 spiro atoms. The molecule has 31 heavy (non-hydrogen) atoms. The summed E-state index contributed by atoms with van der Waals surface area (Å²) in [5, 5.41) is 2.50. The van der Waals surface area contributed by atoms with Crippen molar-refractivity contribution in [3.8, 4) is 0 Å². The molecule has 1 aromatic heterocycles. The highest BCUT2D eigenvalue weighted by Gasteiger charge is 2.30. The Morgan fingerprint density at radius 3 is 2.29 bits per heavy atom. The molecule has 2 aromatic carbocycles. The lowest BCUT2D eigenvalue weighted by molar-refractivity contribution is -0.137. The molecule has 0 bridgehead atoms. The minimum Gasteiger partial charge on any atom is -0.323 e. The SMILES string of the molecule is O=C(C=Cc1cccc(C(F)(F)F)c1)Nc1ccc(S(=O)(=O)Nc2ncccn2)cc1. The number of carbonyl (C=O) groups is 1. The van der Waals surface area contributed by atoms with Gasteiger partial charge >= 0.3 is 6.18 Å². The Balaban J connectivity index is 1.64. The van der Waals surface area contributed by atoms with Crippen molar-refractivity contribution < 1.29 is 26.4 Å². The number of nitrogens with one attached hydrogen (secondary N) is 2. The first kappa shape index (κ1) is 22.0. The molecule has 0 aliphatic heterocycles. The third-order valence-corrected chi connectivity index (χ3v) is 5.21. The van der Waals surface area contributed by atoms with E-state index in [9.17, 15) is 26.4 Å². The molecule has 0 atom stereocenters. The lowest BCUT2D eigenvalue weighted by atomic mass is 10.1. The number of rotatable bonds is 6. The Bertz CT molecular complexity index is 1200. The molecule has 7 nitrogen and oxygen atoms in total. The molecular formula is C20H15F3N4O3S. The fourth-order valence-corrected chi connectivity index (χ4v) is 3.38. The molecule has 0 radical (unpaired) electrons. The van der Waals surface area contributed by atoms with Crippen molar-refractivity contribution in [3.63, 3.8) is 0 Å². The molecule has 1 heterocycles. The van der Waals surface area contributed by atoms with Crippen LogP contribution in [0.3, 0.4) is 0 Å². The van der Waals surface area contributed by atoms with Crippen molar-refractivity contribution in [3.05, 3.63) is 84.2 Å². The van der Waals surface area contributed by atoms with Crippen molar-refractivity contribution >= 4 is 33.6 Å². The predicted octanol–water partition coefficient (Wildman–Crippen LogP) is 3.95. The number of anilines is 2. The van der Waals surface area contributed by atoms with E-state index in [4.69, 9.17) is 0 Å². The summed E-state index contributed by atoms with van der Waals surface area (Å²) in [4.78, 5) is 19.5. The Labute approximate surface area is 175 Å². The van der Waals surface area contributed by atoms with E-state index in [1.807, 2.05) is 0 Å². The first-order valence-corrected chi connectivity index (χ1v) is 10.2. The van der Waals surface area contributed by atoms with Gasteiger partial charge in [0.2, 0.25) is 11.9 Å². The highest BCUT2D eigenvalue weighted by atomic mass is 32.2. The summed E-state index contributed by atoms with van der Waals surface area (Å²) in [5.74, 6) is -0.677. The number of nitrogens with zero attached hydrogens (tertiary/aromatic N) is 2. The van der Waals surface area contributed by atoms with Crippen molar-refractivity contribution in [2.75, 3.05) is 10.0 Å². The monoisotopic (exact) mass is 448 g/mol. The smallest absolute Gasteiger partial charge is 0.323 e. The maximum absolute atomic E-state index is 12.7. The summed E-state index contributed by atoms with van der Waals surface area (Å²) in [6, 6.07) is 11.4. The van der Waals surface area contributed by atoms with Crippen molar-refractivity contribution in [2.45, 2.75) is 11.1 Å². The van der Waals surface area contributed by atoms with Crippen LogP contribution in [0.5, 0.6) is 0 Å². The molecule has 0 unspecified atom stereocenters. The normalized spacial score (nSPS) is 12.0. The quantitative estimate of drug-likeness (QED) is 0.556. The number of amides is 1. The number of benzene rings is 2. The third-order valence-electron chi connectivity index (χ3n) is 3.86. The average molecular weight is 448 g/mol. The molecular weight excluding hydrogens is 433 g/mol. The molecule has 0 saturated heterocycles. The largest absolute Gasteiger partial charge is 0.416 e. The van der Waals surface area contributed by atoms with Gasteiger partial charge in [0, 0.05) is 24.2 Å². The standard InChI is InChI=1S/C20H15F3N4O3S/c21-20(22,23)15-4-1-3-14(13-15)5-10-18(28)26-16-6-8-17(9-7-16)31(29,30)27-19-24-11-2-12-25-19/h1-13H,(H,26,28)(H,24,25,27). The van der Waals surface area contributed by atoms with Crippen LogP contribution >= 0.6 is 0 Å². The van der Waals surface area contributed by atoms with Gasteiger partial charge in [-0.2, -0.15) is 13.2 Å². The second-order valence-corrected chi connectivity index (χ2v) is 7.83. The van der Waals surface area contributed by atoms with Crippen LogP contribution < -0.4 is 10.0 Å². The van der Waals surface area contributed by atoms with E-state index in [-0.39, 0.29) is 16.4 Å².